The van der Waals surface area contributed by atoms with Gasteiger partial charge in [-0.1, -0.05) is 25.1 Å². The molecule has 1 aromatic rings. The zero-order valence-electron chi connectivity index (χ0n) is 14.3. The summed E-state index contributed by atoms with van der Waals surface area (Å²) in [5, 5.41) is 0. The Morgan fingerprint density at radius 2 is 2.09 bits per heavy atom. The van der Waals surface area contributed by atoms with E-state index in [0.717, 1.165) is 12.2 Å². The molecule has 0 fully saturated rings. The van der Waals surface area contributed by atoms with Gasteiger partial charge < -0.3 is 4.74 Å². The molecule has 0 spiro atoms. The van der Waals surface area contributed by atoms with Gasteiger partial charge in [0.15, 0.2) is 0 Å². The predicted molar refractivity (Wildman–Crippen MR) is 96.6 cm³/mol. The minimum absolute atomic E-state index is 0.308. The number of rotatable bonds is 2. The molecule has 0 amide bonds. The molecule has 1 aromatic carbocycles. The molecule has 0 aromatic heterocycles. The second-order valence-electron chi connectivity index (χ2n) is 7.43. The van der Waals surface area contributed by atoms with Crippen molar-refractivity contribution in [2.24, 2.45) is 11.3 Å². The Bertz CT molecular complexity index is 721. The zero-order chi connectivity index (χ0) is 16.0. The molecular formula is C22H26O. The van der Waals surface area contributed by atoms with E-state index in [-0.39, 0.29) is 0 Å². The Labute approximate surface area is 139 Å². The molecular weight excluding hydrogens is 280 g/mol. The first kappa shape index (κ1) is 14.8. The van der Waals surface area contributed by atoms with Crippen molar-refractivity contribution < 1.29 is 4.74 Å². The standard InChI is InChI=1S/C22H26O/c1-4-16-6-5-7-21-20-10-8-15-14-17(23-3)9-11-18(15)19(20)12-13-22(16,21)2/h4,7,9,11,14,16H,1,5-6,8,10,12-13H2,2-3H3/t16?,22-/m1/s1. The molecule has 2 atom stereocenters. The van der Waals surface area contributed by atoms with Crippen LogP contribution in [0.5, 0.6) is 5.75 Å². The van der Waals surface area contributed by atoms with E-state index in [1.54, 1.807) is 23.8 Å². The Morgan fingerprint density at radius 1 is 1.22 bits per heavy atom. The van der Waals surface area contributed by atoms with Crippen molar-refractivity contribution >= 4 is 5.57 Å². The SMILES string of the molecule is C=CC1CCC=C2C3=C(CC[C@@]21C)c1ccc(OC)cc1CC3. The van der Waals surface area contributed by atoms with Crippen LogP contribution in [0.15, 0.2) is 48.1 Å². The van der Waals surface area contributed by atoms with Gasteiger partial charge in [-0.05, 0) is 89.8 Å². The Balaban J connectivity index is 1.82. The van der Waals surface area contributed by atoms with Gasteiger partial charge in [0.1, 0.15) is 5.75 Å². The fourth-order valence-electron chi connectivity index (χ4n) is 5.06. The maximum atomic E-state index is 5.41. The van der Waals surface area contributed by atoms with Crippen molar-refractivity contribution in [1.29, 1.82) is 0 Å². The van der Waals surface area contributed by atoms with Crippen LogP contribution in [0.1, 0.15) is 50.2 Å². The summed E-state index contributed by atoms with van der Waals surface area (Å²) in [4.78, 5) is 0. The molecule has 0 aliphatic heterocycles. The molecule has 120 valence electrons. The second kappa shape index (κ2) is 5.40. The van der Waals surface area contributed by atoms with E-state index >= 15 is 0 Å². The van der Waals surface area contributed by atoms with Gasteiger partial charge in [-0.2, -0.15) is 0 Å². The maximum Gasteiger partial charge on any atom is 0.119 e. The van der Waals surface area contributed by atoms with Gasteiger partial charge >= 0.3 is 0 Å². The summed E-state index contributed by atoms with van der Waals surface area (Å²) in [6, 6.07) is 6.62. The number of ether oxygens (including phenoxy) is 1. The molecule has 0 saturated heterocycles. The summed E-state index contributed by atoms with van der Waals surface area (Å²) < 4.78 is 5.41. The van der Waals surface area contributed by atoms with Crippen LogP contribution in [0.25, 0.3) is 5.57 Å². The van der Waals surface area contributed by atoms with Crippen LogP contribution < -0.4 is 4.74 Å². The van der Waals surface area contributed by atoms with Crippen LogP contribution in [0.3, 0.4) is 0 Å². The van der Waals surface area contributed by atoms with Crippen molar-refractivity contribution in [3.05, 3.63) is 59.2 Å². The van der Waals surface area contributed by atoms with Crippen LogP contribution in [0, 0.1) is 11.3 Å². The van der Waals surface area contributed by atoms with E-state index < -0.39 is 0 Å². The van der Waals surface area contributed by atoms with Crippen LogP contribution in [-0.2, 0) is 6.42 Å². The van der Waals surface area contributed by atoms with Gasteiger partial charge in [0, 0.05) is 0 Å². The van der Waals surface area contributed by atoms with Crippen LogP contribution in [0.2, 0.25) is 0 Å². The third-order valence-corrected chi connectivity index (χ3v) is 6.41. The lowest BCUT2D eigenvalue weighted by Gasteiger charge is -2.47. The normalized spacial score (nSPS) is 29.1. The zero-order valence-corrected chi connectivity index (χ0v) is 14.3. The van der Waals surface area contributed by atoms with Gasteiger partial charge in [0.2, 0.25) is 0 Å². The molecule has 4 rings (SSSR count). The molecule has 0 N–H and O–H groups in total. The molecule has 0 heterocycles. The predicted octanol–water partition coefficient (Wildman–Crippen LogP) is 5.72. The molecule has 3 aliphatic carbocycles. The Kier molecular flexibility index (Phi) is 3.48. The monoisotopic (exact) mass is 306 g/mol. The van der Waals surface area contributed by atoms with E-state index in [1.165, 1.54) is 43.2 Å². The summed E-state index contributed by atoms with van der Waals surface area (Å²) in [6.07, 6.45) is 12.0. The molecule has 0 bridgehead atoms. The van der Waals surface area contributed by atoms with Gasteiger partial charge in [-0.3, -0.25) is 0 Å². The topological polar surface area (TPSA) is 9.23 Å². The average molecular weight is 306 g/mol. The van der Waals surface area contributed by atoms with Gasteiger partial charge in [-0.25, -0.2) is 0 Å². The van der Waals surface area contributed by atoms with E-state index in [9.17, 15) is 0 Å². The molecule has 1 unspecified atom stereocenters. The summed E-state index contributed by atoms with van der Waals surface area (Å²) in [6.45, 7) is 6.59. The highest BCUT2D eigenvalue weighted by Crippen LogP contribution is 2.56. The highest BCUT2D eigenvalue weighted by atomic mass is 16.5. The molecule has 3 aliphatic rings. The number of benzene rings is 1. The lowest BCUT2D eigenvalue weighted by atomic mass is 9.57. The van der Waals surface area contributed by atoms with Crippen LogP contribution in [-0.4, -0.2) is 7.11 Å². The van der Waals surface area contributed by atoms with E-state index in [1.807, 2.05) is 0 Å². The summed E-state index contributed by atoms with van der Waals surface area (Å²) in [5.41, 5.74) is 8.11. The highest BCUT2D eigenvalue weighted by Gasteiger charge is 2.43. The number of aryl methyl sites for hydroxylation is 1. The average Bonchev–Trinajstić information content (AvgIpc) is 2.59. The molecule has 1 nitrogen and oxygen atoms in total. The minimum atomic E-state index is 0.308. The number of fused-ring (bicyclic) bond motifs is 4. The van der Waals surface area contributed by atoms with Crippen molar-refractivity contribution in [2.45, 2.75) is 45.4 Å². The first-order chi connectivity index (χ1) is 11.2. The van der Waals surface area contributed by atoms with E-state index in [0.29, 0.717) is 11.3 Å². The largest absolute Gasteiger partial charge is 0.497 e. The number of methoxy groups -OCH3 is 1. The quantitative estimate of drug-likeness (QED) is 0.635. The van der Waals surface area contributed by atoms with E-state index in [4.69, 9.17) is 4.74 Å². The number of hydrogen-bond acceptors (Lipinski definition) is 1. The summed E-state index contributed by atoms with van der Waals surface area (Å²) in [5.74, 6) is 1.62. The minimum Gasteiger partial charge on any atom is -0.497 e. The molecule has 0 saturated carbocycles. The van der Waals surface area contributed by atoms with Gasteiger partial charge in [0.05, 0.1) is 7.11 Å². The van der Waals surface area contributed by atoms with Gasteiger partial charge in [-0.15, -0.1) is 6.58 Å². The Morgan fingerprint density at radius 3 is 2.87 bits per heavy atom. The van der Waals surface area contributed by atoms with Crippen LogP contribution in [0.4, 0.5) is 0 Å². The smallest absolute Gasteiger partial charge is 0.119 e. The van der Waals surface area contributed by atoms with Crippen molar-refractivity contribution in [2.75, 3.05) is 7.11 Å². The number of allylic oxidation sites excluding steroid dienone is 5. The summed E-state index contributed by atoms with van der Waals surface area (Å²) in [7, 11) is 1.75. The van der Waals surface area contributed by atoms with Crippen molar-refractivity contribution in [1.82, 2.24) is 0 Å². The third kappa shape index (κ3) is 2.13. The fraction of sp³-hybridized carbons (Fsp3) is 0.455. The van der Waals surface area contributed by atoms with Crippen LogP contribution >= 0.6 is 0 Å². The first-order valence-corrected chi connectivity index (χ1v) is 8.90. The number of hydrogen-bond donors (Lipinski definition) is 0. The van der Waals surface area contributed by atoms with Gasteiger partial charge in [0.25, 0.3) is 0 Å². The molecule has 23 heavy (non-hydrogen) atoms. The lowest BCUT2D eigenvalue weighted by molar-refractivity contribution is 0.237. The highest BCUT2D eigenvalue weighted by molar-refractivity contribution is 5.79. The second-order valence-corrected chi connectivity index (χ2v) is 7.43. The third-order valence-electron chi connectivity index (χ3n) is 6.41. The maximum absolute atomic E-state index is 5.41. The first-order valence-electron chi connectivity index (χ1n) is 8.90. The molecule has 0 radical (unpaired) electrons. The molecule has 1 heteroatoms. The Hall–Kier alpha value is -1.76. The lowest BCUT2D eigenvalue weighted by Crippen LogP contribution is -2.35. The summed E-state index contributed by atoms with van der Waals surface area (Å²) >= 11 is 0. The van der Waals surface area contributed by atoms with Crippen molar-refractivity contribution in [3.8, 4) is 5.75 Å². The fourth-order valence-corrected chi connectivity index (χ4v) is 5.06. The van der Waals surface area contributed by atoms with E-state index in [2.05, 4.69) is 43.9 Å². The van der Waals surface area contributed by atoms with Crippen molar-refractivity contribution in [3.63, 3.8) is 0 Å².